The molecule has 18 heavy (non-hydrogen) atoms. The lowest BCUT2D eigenvalue weighted by Crippen LogP contribution is -2.03. The molecule has 0 spiro atoms. The van der Waals surface area contributed by atoms with Crippen LogP contribution in [0.15, 0.2) is 40.9 Å². The zero-order valence-corrected chi connectivity index (χ0v) is 14.1. The molecule has 0 aliphatic rings. The van der Waals surface area contributed by atoms with Crippen molar-refractivity contribution in [1.82, 2.24) is 0 Å². The Kier molecular flexibility index (Phi) is 4.69. The first-order valence-corrected chi connectivity index (χ1v) is 7.57. The molecule has 0 radical (unpaired) electrons. The summed E-state index contributed by atoms with van der Waals surface area (Å²) in [6.07, 6.45) is 0. The van der Waals surface area contributed by atoms with Crippen LogP contribution < -0.4 is 0 Å². The van der Waals surface area contributed by atoms with Crippen molar-refractivity contribution < 1.29 is 4.79 Å². The molecule has 0 fully saturated rings. The van der Waals surface area contributed by atoms with Crippen molar-refractivity contribution in [1.29, 1.82) is 0 Å². The molecule has 0 N–H and O–H groups in total. The van der Waals surface area contributed by atoms with Gasteiger partial charge in [-0.1, -0.05) is 45.2 Å². The third-order valence-corrected chi connectivity index (χ3v) is 4.55. The van der Waals surface area contributed by atoms with Gasteiger partial charge in [0.15, 0.2) is 5.78 Å². The van der Waals surface area contributed by atoms with E-state index in [0.29, 0.717) is 16.1 Å². The van der Waals surface area contributed by atoms with Crippen molar-refractivity contribution in [2.75, 3.05) is 0 Å². The summed E-state index contributed by atoms with van der Waals surface area (Å²) in [5.74, 6) is -0.145. The highest BCUT2D eigenvalue weighted by molar-refractivity contribution is 14.1. The van der Waals surface area contributed by atoms with Crippen LogP contribution in [-0.4, -0.2) is 5.78 Å². The number of benzene rings is 2. The van der Waals surface area contributed by atoms with Crippen molar-refractivity contribution in [3.05, 3.63) is 65.6 Å². The molecule has 2 rings (SSSR count). The van der Waals surface area contributed by atoms with Gasteiger partial charge in [0.25, 0.3) is 0 Å². The first-order valence-electron chi connectivity index (χ1n) is 4.94. The van der Waals surface area contributed by atoms with E-state index in [4.69, 9.17) is 23.2 Å². The Hall–Kier alpha value is -0.100. The van der Waals surface area contributed by atoms with Gasteiger partial charge >= 0.3 is 0 Å². The van der Waals surface area contributed by atoms with E-state index in [9.17, 15) is 4.79 Å². The zero-order valence-electron chi connectivity index (χ0n) is 8.88. The molecule has 0 saturated heterocycles. The molecule has 2 aromatic carbocycles. The number of rotatable bonds is 2. The summed E-state index contributed by atoms with van der Waals surface area (Å²) in [6.45, 7) is 0. The maximum Gasteiger partial charge on any atom is 0.195 e. The van der Waals surface area contributed by atoms with Gasteiger partial charge in [0, 0.05) is 19.2 Å². The van der Waals surface area contributed by atoms with Crippen LogP contribution in [0.2, 0.25) is 10.0 Å². The Morgan fingerprint density at radius 1 is 1.11 bits per heavy atom. The Labute approximate surface area is 137 Å². The molecule has 0 aliphatic carbocycles. The van der Waals surface area contributed by atoms with Gasteiger partial charge in [-0.15, -0.1) is 0 Å². The summed E-state index contributed by atoms with van der Waals surface area (Å²) in [5.41, 5.74) is 0.984. The van der Waals surface area contributed by atoms with Gasteiger partial charge in [-0.25, -0.2) is 0 Å². The summed E-state index contributed by atoms with van der Waals surface area (Å²) in [4.78, 5) is 12.4. The second-order valence-electron chi connectivity index (χ2n) is 3.55. The van der Waals surface area contributed by atoms with Crippen molar-refractivity contribution >= 4 is 67.5 Å². The summed E-state index contributed by atoms with van der Waals surface area (Å²) in [5, 5.41) is 0.666. The number of hydrogen-bond donors (Lipinski definition) is 0. The summed E-state index contributed by atoms with van der Waals surface area (Å²) in [7, 11) is 0. The van der Waals surface area contributed by atoms with Gasteiger partial charge in [-0.3, -0.25) is 4.79 Å². The largest absolute Gasteiger partial charge is 0.289 e. The lowest BCUT2D eigenvalue weighted by molar-refractivity contribution is 0.103. The predicted molar refractivity (Wildman–Crippen MR) is 86.8 cm³/mol. The van der Waals surface area contributed by atoms with E-state index in [-0.39, 0.29) is 10.8 Å². The van der Waals surface area contributed by atoms with E-state index >= 15 is 0 Å². The van der Waals surface area contributed by atoms with Crippen LogP contribution in [0.25, 0.3) is 0 Å². The van der Waals surface area contributed by atoms with Gasteiger partial charge < -0.3 is 0 Å². The SMILES string of the molecule is O=C(c1cc(I)ccc1Br)c1cccc(Cl)c1Cl. The minimum absolute atomic E-state index is 0.145. The quantitative estimate of drug-likeness (QED) is 0.426. The number of carbonyl (C=O) groups is 1. The summed E-state index contributed by atoms with van der Waals surface area (Å²) < 4.78 is 1.72. The third-order valence-electron chi connectivity index (χ3n) is 2.37. The molecule has 0 heterocycles. The fraction of sp³-hybridized carbons (Fsp3) is 0. The first-order chi connectivity index (χ1) is 8.50. The molecule has 0 saturated carbocycles. The Morgan fingerprint density at radius 3 is 2.56 bits per heavy atom. The van der Waals surface area contributed by atoms with E-state index in [1.165, 1.54) is 0 Å². The normalized spacial score (nSPS) is 10.4. The molecular formula is C13H6BrCl2IO. The van der Waals surface area contributed by atoms with E-state index in [0.717, 1.165) is 8.04 Å². The van der Waals surface area contributed by atoms with Crippen LogP contribution in [0.5, 0.6) is 0 Å². The van der Waals surface area contributed by atoms with Gasteiger partial charge in [-0.05, 0) is 52.9 Å². The minimum Gasteiger partial charge on any atom is -0.289 e. The fourth-order valence-corrected chi connectivity index (χ4v) is 2.80. The van der Waals surface area contributed by atoms with Gasteiger partial charge in [0.05, 0.1) is 10.0 Å². The Bertz CT molecular complexity index is 624. The second kappa shape index (κ2) is 5.90. The highest BCUT2D eigenvalue weighted by atomic mass is 127. The number of hydrogen-bond acceptors (Lipinski definition) is 1. The van der Waals surface area contributed by atoms with Crippen molar-refractivity contribution in [3.63, 3.8) is 0 Å². The smallest absolute Gasteiger partial charge is 0.195 e. The highest BCUT2D eigenvalue weighted by Gasteiger charge is 2.17. The third kappa shape index (κ3) is 2.90. The van der Waals surface area contributed by atoms with Crippen LogP contribution >= 0.6 is 61.7 Å². The van der Waals surface area contributed by atoms with Crippen molar-refractivity contribution in [2.24, 2.45) is 0 Å². The molecule has 5 heteroatoms. The van der Waals surface area contributed by atoms with Crippen LogP contribution in [-0.2, 0) is 0 Å². The van der Waals surface area contributed by atoms with Crippen molar-refractivity contribution in [2.45, 2.75) is 0 Å². The molecule has 0 aliphatic heterocycles. The van der Waals surface area contributed by atoms with E-state index in [1.54, 1.807) is 18.2 Å². The monoisotopic (exact) mass is 454 g/mol. The molecule has 0 amide bonds. The molecule has 2 aromatic rings. The zero-order chi connectivity index (χ0) is 13.3. The standard InChI is InChI=1S/C13H6BrCl2IO/c14-10-5-4-7(17)6-9(10)13(18)8-2-1-3-11(15)12(8)16/h1-6H. The number of halogens is 4. The number of carbonyl (C=O) groups excluding carboxylic acids is 1. The topological polar surface area (TPSA) is 17.1 Å². The molecule has 92 valence electrons. The molecule has 1 nitrogen and oxygen atoms in total. The molecular weight excluding hydrogens is 450 g/mol. The molecule has 0 aromatic heterocycles. The van der Waals surface area contributed by atoms with Crippen LogP contribution in [0.1, 0.15) is 15.9 Å². The Morgan fingerprint density at radius 2 is 1.83 bits per heavy atom. The maximum atomic E-state index is 12.4. The second-order valence-corrected chi connectivity index (χ2v) is 6.44. The Balaban J connectivity index is 2.55. The van der Waals surface area contributed by atoms with Crippen LogP contribution in [0.3, 0.4) is 0 Å². The minimum atomic E-state index is -0.145. The van der Waals surface area contributed by atoms with Gasteiger partial charge in [0.2, 0.25) is 0 Å². The number of ketones is 1. The first kappa shape index (κ1) is 14.3. The van der Waals surface area contributed by atoms with Crippen LogP contribution in [0, 0.1) is 3.57 Å². The molecule has 0 unspecified atom stereocenters. The van der Waals surface area contributed by atoms with E-state index in [2.05, 4.69) is 38.5 Å². The van der Waals surface area contributed by atoms with E-state index in [1.807, 2.05) is 18.2 Å². The maximum absolute atomic E-state index is 12.4. The molecule has 0 bridgehead atoms. The lowest BCUT2D eigenvalue weighted by atomic mass is 10.0. The fourth-order valence-electron chi connectivity index (χ4n) is 1.50. The van der Waals surface area contributed by atoms with Crippen LogP contribution in [0.4, 0.5) is 0 Å². The summed E-state index contributed by atoms with van der Waals surface area (Å²) in [6, 6.07) is 10.6. The van der Waals surface area contributed by atoms with E-state index < -0.39 is 0 Å². The predicted octanol–water partition coefficient (Wildman–Crippen LogP) is 5.59. The molecule has 0 atom stereocenters. The summed E-state index contributed by atoms with van der Waals surface area (Å²) >= 11 is 17.5. The highest BCUT2D eigenvalue weighted by Crippen LogP contribution is 2.29. The van der Waals surface area contributed by atoms with Gasteiger partial charge in [0.1, 0.15) is 0 Å². The average molecular weight is 456 g/mol. The van der Waals surface area contributed by atoms with Crippen molar-refractivity contribution in [3.8, 4) is 0 Å². The van der Waals surface area contributed by atoms with Gasteiger partial charge in [-0.2, -0.15) is 0 Å². The average Bonchev–Trinajstić information content (AvgIpc) is 2.35. The lowest BCUT2D eigenvalue weighted by Gasteiger charge is -2.07.